The molecular formula is C15H16BrFN4O. The zero-order valence-electron chi connectivity index (χ0n) is 12.2. The van der Waals surface area contributed by atoms with Gasteiger partial charge in [-0.3, -0.25) is 4.79 Å². The van der Waals surface area contributed by atoms with E-state index in [1.54, 1.807) is 6.20 Å². The molecule has 1 aliphatic rings. The van der Waals surface area contributed by atoms with E-state index < -0.39 is 0 Å². The molecule has 0 aliphatic carbocycles. The third-order valence-electron chi connectivity index (χ3n) is 3.82. The minimum absolute atomic E-state index is 0.247. The fraction of sp³-hybridized carbons (Fsp3) is 0.333. The van der Waals surface area contributed by atoms with Gasteiger partial charge in [0.2, 0.25) is 0 Å². The van der Waals surface area contributed by atoms with E-state index >= 15 is 0 Å². The molecule has 2 heterocycles. The van der Waals surface area contributed by atoms with Crippen LogP contribution in [0.5, 0.6) is 0 Å². The molecule has 0 bridgehead atoms. The maximum absolute atomic E-state index is 13.0. The topological polar surface area (TPSA) is 41.4 Å². The van der Waals surface area contributed by atoms with Crippen LogP contribution >= 0.6 is 15.9 Å². The van der Waals surface area contributed by atoms with E-state index in [1.807, 2.05) is 0 Å². The largest absolute Gasteiger partial charge is 0.367 e. The SMILES string of the molecule is CN1CCN(c2cnn(-c3ccc(F)cc3)c(=O)c2Br)CC1. The molecule has 22 heavy (non-hydrogen) atoms. The Morgan fingerprint density at radius 2 is 1.77 bits per heavy atom. The number of benzene rings is 1. The number of halogens is 2. The molecule has 0 spiro atoms. The zero-order chi connectivity index (χ0) is 15.7. The van der Waals surface area contributed by atoms with Gasteiger partial charge in [0.15, 0.2) is 0 Å². The Kier molecular flexibility index (Phi) is 4.26. The molecule has 1 aromatic carbocycles. The van der Waals surface area contributed by atoms with E-state index in [1.165, 1.54) is 28.9 Å². The molecule has 7 heteroatoms. The first-order valence-electron chi connectivity index (χ1n) is 7.03. The first-order valence-corrected chi connectivity index (χ1v) is 7.83. The van der Waals surface area contributed by atoms with E-state index in [0.717, 1.165) is 31.9 Å². The van der Waals surface area contributed by atoms with Crippen molar-refractivity contribution in [2.75, 3.05) is 38.1 Å². The number of hydrogen-bond donors (Lipinski definition) is 0. The van der Waals surface area contributed by atoms with Crippen LogP contribution in [0.3, 0.4) is 0 Å². The van der Waals surface area contributed by atoms with Crippen molar-refractivity contribution in [1.29, 1.82) is 0 Å². The number of rotatable bonds is 2. The molecule has 0 unspecified atom stereocenters. The molecular weight excluding hydrogens is 351 g/mol. The van der Waals surface area contributed by atoms with Crippen LogP contribution in [-0.2, 0) is 0 Å². The summed E-state index contributed by atoms with van der Waals surface area (Å²) in [6.07, 6.45) is 1.68. The average molecular weight is 367 g/mol. The van der Waals surface area contributed by atoms with Crippen LogP contribution in [0.25, 0.3) is 5.69 Å². The average Bonchev–Trinajstić information content (AvgIpc) is 2.52. The van der Waals surface area contributed by atoms with Crippen LogP contribution in [0.4, 0.5) is 10.1 Å². The van der Waals surface area contributed by atoms with Gasteiger partial charge in [-0.15, -0.1) is 0 Å². The van der Waals surface area contributed by atoms with Gasteiger partial charge in [0.25, 0.3) is 5.56 Å². The lowest BCUT2D eigenvalue weighted by Crippen LogP contribution is -2.45. The van der Waals surface area contributed by atoms with Gasteiger partial charge in [-0.25, -0.2) is 4.39 Å². The van der Waals surface area contributed by atoms with Crippen molar-refractivity contribution in [1.82, 2.24) is 14.7 Å². The maximum atomic E-state index is 13.0. The fourth-order valence-electron chi connectivity index (χ4n) is 2.46. The van der Waals surface area contributed by atoms with Crippen molar-refractivity contribution in [2.24, 2.45) is 0 Å². The normalized spacial score (nSPS) is 16.0. The second kappa shape index (κ2) is 6.18. The van der Waals surface area contributed by atoms with Crippen LogP contribution in [0.2, 0.25) is 0 Å². The molecule has 1 saturated heterocycles. The van der Waals surface area contributed by atoms with Crippen LogP contribution in [0.1, 0.15) is 0 Å². The molecule has 0 amide bonds. The Labute approximate surface area is 136 Å². The molecule has 1 aliphatic heterocycles. The zero-order valence-corrected chi connectivity index (χ0v) is 13.8. The number of hydrogen-bond acceptors (Lipinski definition) is 4. The van der Waals surface area contributed by atoms with Crippen molar-refractivity contribution in [2.45, 2.75) is 0 Å². The lowest BCUT2D eigenvalue weighted by molar-refractivity contribution is 0.312. The Bertz CT molecular complexity index is 723. The lowest BCUT2D eigenvalue weighted by Gasteiger charge is -2.34. The van der Waals surface area contributed by atoms with E-state index in [0.29, 0.717) is 10.2 Å². The highest BCUT2D eigenvalue weighted by Gasteiger charge is 2.19. The maximum Gasteiger partial charge on any atom is 0.287 e. The fourth-order valence-corrected chi connectivity index (χ4v) is 2.98. The first-order chi connectivity index (χ1) is 10.6. The predicted octanol–water partition coefficient (Wildman–Crippen LogP) is 1.89. The summed E-state index contributed by atoms with van der Waals surface area (Å²) in [5.41, 5.74) is 1.09. The summed E-state index contributed by atoms with van der Waals surface area (Å²) in [6.45, 7) is 3.62. The Morgan fingerprint density at radius 1 is 1.14 bits per heavy atom. The number of aromatic nitrogens is 2. The van der Waals surface area contributed by atoms with Crippen LogP contribution in [-0.4, -0.2) is 47.9 Å². The summed E-state index contributed by atoms with van der Waals surface area (Å²) < 4.78 is 14.7. The van der Waals surface area contributed by atoms with Gasteiger partial charge in [0, 0.05) is 26.2 Å². The van der Waals surface area contributed by atoms with E-state index in [-0.39, 0.29) is 11.4 Å². The number of nitrogens with zero attached hydrogens (tertiary/aromatic N) is 4. The minimum atomic E-state index is -0.343. The second-order valence-corrected chi connectivity index (χ2v) is 6.12. The van der Waals surface area contributed by atoms with Gasteiger partial charge >= 0.3 is 0 Å². The molecule has 0 saturated carbocycles. The van der Waals surface area contributed by atoms with Crippen LogP contribution in [0.15, 0.2) is 39.7 Å². The molecule has 116 valence electrons. The number of anilines is 1. The molecule has 1 fully saturated rings. The molecule has 3 rings (SSSR count). The van der Waals surface area contributed by atoms with Crippen molar-refractivity contribution >= 4 is 21.6 Å². The van der Waals surface area contributed by atoms with Gasteiger partial charge in [-0.1, -0.05) is 0 Å². The monoisotopic (exact) mass is 366 g/mol. The highest BCUT2D eigenvalue weighted by atomic mass is 79.9. The van der Waals surface area contributed by atoms with Gasteiger partial charge in [-0.05, 0) is 47.2 Å². The standard InChI is InChI=1S/C15H16BrFN4O/c1-19-6-8-20(9-7-19)13-10-18-21(15(22)14(13)16)12-4-2-11(17)3-5-12/h2-5,10H,6-9H2,1H3. The van der Waals surface area contributed by atoms with Gasteiger partial charge in [0.1, 0.15) is 10.3 Å². The van der Waals surface area contributed by atoms with Gasteiger partial charge in [0.05, 0.1) is 17.6 Å². The van der Waals surface area contributed by atoms with E-state index in [9.17, 15) is 9.18 Å². The van der Waals surface area contributed by atoms with Crippen molar-refractivity contribution < 1.29 is 4.39 Å². The molecule has 2 aromatic rings. The minimum Gasteiger partial charge on any atom is -0.367 e. The molecule has 1 aromatic heterocycles. The third-order valence-corrected chi connectivity index (χ3v) is 4.56. The molecule has 0 N–H and O–H groups in total. The third kappa shape index (κ3) is 2.91. The second-order valence-electron chi connectivity index (χ2n) is 5.33. The smallest absolute Gasteiger partial charge is 0.287 e. The van der Waals surface area contributed by atoms with Crippen molar-refractivity contribution in [3.05, 3.63) is 51.1 Å². The summed E-state index contributed by atoms with van der Waals surface area (Å²) in [5, 5.41) is 4.23. The summed E-state index contributed by atoms with van der Waals surface area (Å²) in [6, 6.07) is 5.69. The summed E-state index contributed by atoms with van der Waals surface area (Å²) >= 11 is 3.39. The summed E-state index contributed by atoms with van der Waals surface area (Å²) in [4.78, 5) is 16.9. The van der Waals surface area contributed by atoms with Gasteiger partial charge < -0.3 is 9.80 Å². The molecule has 5 nitrogen and oxygen atoms in total. The molecule has 0 radical (unpaired) electrons. The quantitative estimate of drug-likeness (QED) is 0.813. The van der Waals surface area contributed by atoms with Gasteiger partial charge in [-0.2, -0.15) is 9.78 Å². The highest BCUT2D eigenvalue weighted by molar-refractivity contribution is 9.10. The van der Waals surface area contributed by atoms with Crippen LogP contribution in [0, 0.1) is 5.82 Å². The summed E-state index contributed by atoms with van der Waals surface area (Å²) in [5.74, 6) is -0.343. The van der Waals surface area contributed by atoms with Crippen LogP contribution < -0.4 is 10.5 Å². The first kappa shape index (κ1) is 15.2. The number of piperazine rings is 1. The Morgan fingerprint density at radius 3 is 2.41 bits per heavy atom. The molecule has 0 atom stereocenters. The number of likely N-dealkylation sites (N-methyl/N-ethyl adjacent to an activating group) is 1. The Hall–Kier alpha value is -1.73. The Balaban J connectivity index is 1.95. The van der Waals surface area contributed by atoms with E-state index in [4.69, 9.17) is 0 Å². The highest BCUT2D eigenvalue weighted by Crippen LogP contribution is 2.23. The van der Waals surface area contributed by atoms with E-state index in [2.05, 4.69) is 37.9 Å². The van der Waals surface area contributed by atoms with Crippen molar-refractivity contribution in [3.63, 3.8) is 0 Å². The van der Waals surface area contributed by atoms with Crippen molar-refractivity contribution in [3.8, 4) is 5.69 Å². The summed E-state index contributed by atoms with van der Waals surface area (Å²) in [7, 11) is 2.08. The predicted molar refractivity (Wildman–Crippen MR) is 87.2 cm³/mol. The lowest BCUT2D eigenvalue weighted by atomic mass is 10.3.